The van der Waals surface area contributed by atoms with E-state index in [9.17, 15) is 18.1 Å². The zero-order chi connectivity index (χ0) is 17.1. The number of benzene rings is 1. The average Bonchev–Trinajstić information content (AvgIpc) is 2.81. The molecule has 132 valence electrons. The summed E-state index contributed by atoms with van der Waals surface area (Å²) in [5.41, 5.74) is 2.42. The average molecular weight is 374 g/mol. The minimum absolute atomic E-state index is 0. The molecular weight excluding hydrogens is 351 g/mol. The molecule has 0 radical (unpaired) electrons. The van der Waals surface area contributed by atoms with Gasteiger partial charge >= 0.3 is 29.6 Å². The van der Waals surface area contributed by atoms with Crippen molar-refractivity contribution >= 4 is 10.4 Å². The van der Waals surface area contributed by atoms with Crippen LogP contribution in [0.15, 0.2) is 18.2 Å². The van der Waals surface area contributed by atoms with Gasteiger partial charge in [0.05, 0.1) is 6.10 Å². The van der Waals surface area contributed by atoms with Crippen molar-refractivity contribution in [2.45, 2.75) is 57.5 Å². The Morgan fingerprint density at radius 3 is 2.72 bits per heavy atom. The second-order valence-corrected chi connectivity index (χ2v) is 8.89. The van der Waals surface area contributed by atoms with E-state index in [0.717, 1.165) is 44.1 Å². The molecule has 5 atom stereocenters. The summed E-state index contributed by atoms with van der Waals surface area (Å²) in [5, 5.41) is 10.4. The van der Waals surface area contributed by atoms with Gasteiger partial charge < -0.3 is 13.8 Å². The van der Waals surface area contributed by atoms with Crippen LogP contribution < -0.4 is 33.7 Å². The summed E-state index contributed by atoms with van der Waals surface area (Å²) in [5.74, 6) is 1.73. The van der Waals surface area contributed by atoms with Gasteiger partial charge in [-0.2, -0.15) is 0 Å². The van der Waals surface area contributed by atoms with Gasteiger partial charge in [-0.05, 0) is 85.0 Å². The van der Waals surface area contributed by atoms with E-state index in [1.807, 2.05) is 6.07 Å². The van der Waals surface area contributed by atoms with E-state index in [-0.39, 0.29) is 46.8 Å². The van der Waals surface area contributed by atoms with Crippen LogP contribution in [-0.2, 0) is 16.8 Å². The maximum atomic E-state index is 10.8. The summed E-state index contributed by atoms with van der Waals surface area (Å²) in [6.45, 7) is 2.25. The Morgan fingerprint density at radius 1 is 1.24 bits per heavy atom. The van der Waals surface area contributed by atoms with Crippen LogP contribution in [0.5, 0.6) is 5.75 Å². The molecule has 1 aromatic rings. The summed E-state index contributed by atoms with van der Waals surface area (Å²) in [4.78, 5) is 0. The van der Waals surface area contributed by atoms with Crippen molar-refractivity contribution in [1.29, 1.82) is 0 Å². The largest absolute Gasteiger partial charge is 1.00 e. The van der Waals surface area contributed by atoms with Gasteiger partial charge in [-0.25, -0.2) is 8.42 Å². The van der Waals surface area contributed by atoms with Crippen molar-refractivity contribution < 1.29 is 51.8 Å². The van der Waals surface area contributed by atoms with Crippen LogP contribution in [0.1, 0.15) is 56.1 Å². The molecule has 2 fully saturated rings. The molecular formula is C18H23NaO5S. The van der Waals surface area contributed by atoms with E-state index >= 15 is 0 Å². The molecule has 7 heteroatoms. The fourth-order valence-corrected chi connectivity index (χ4v) is 6.04. The van der Waals surface area contributed by atoms with E-state index in [4.69, 9.17) is 0 Å². The topological polar surface area (TPSA) is 86.7 Å². The molecule has 4 rings (SSSR count). The molecule has 2 saturated carbocycles. The molecule has 0 bridgehead atoms. The molecule has 0 saturated heterocycles. The Balaban J connectivity index is 0.00000182. The van der Waals surface area contributed by atoms with E-state index in [2.05, 4.69) is 11.1 Å². The summed E-state index contributed by atoms with van der Waals surface area (Å²) in [6, 6.07) is 5.23. The van der Waals surface area contributed by atoms with Gasteiger partial charge in [-0.3, -0.25) is 0 Å². The van der Waals surface area contributed by atoms with Crippen LogP contribution in [0.3, 0.4) is 0 Å². The number of rotatable bonds is 2. The fraction of sp³-hybridized carbons (Fsp3) is 0.667. The molecule has 25 heavy (non-hydrogen) atoms. The maximum Gasteiger partial charge on any atom is 1.00 e. The normalized spacial score (nSPS) is 36.6. The Bertz CT molecular complexity index is 765. The maximum absolute atomic E-state index is 10.8. The van der Waals surface area contributed by atoms with Crippen molar-refractivity contribution in [3.05, 3.63) is 29.3 Å². The first-order chi connectivity index (χ1) is 11.3. The molecule has 5 nitrogen and oxygen atoms in total. The fourth-order valence-electron chi connectivity index (χ4n) is 5.70. The molecule has 1 aromatic carbocycles. The molecule has 0 aromatic heterocycles. The third kappa shape index (κ3) is 3.42. The van der Waals surface area contributed by atoms with Crippen molar-refractivity contribution in [2.75, 3.05) is 0 Å². The molecule has 0 spiro atoms. The quantitative estimate of drug-likeness (QED) is 0.438. The van der Waals surface area contributed by atoms with E-state index in [1.165, 1.54) is 5.56 Å². The van der Waals surface area contributed by atoms with Crippen molar-refractivity contribution in [3.8, 4) is 5.75 Å². The van der Waals surface area contributed by atoms with Crippen LogP contribution in [0.25, 0.3) is 0 Å². The molecule has 0 heterocycles. The van der Waals surface area contributed by atoms with E-state index in [1.54, 1.807) is 12.1 Å². The number of hydrogen-bond acceptors (Lipinski definition) is 5. The van der Waals surface area contributed by atoms with Gasteiger partial charge in [-0.15, -0.1) is 0 Å². The van der Waals surface area contributed by atoms with E-state index in [0.29, 0.717) is 17.8 Å². The predicted molar refractivity (Wildman–Crippen MR) is 87.4 cm³/mol. The number of hydrogen-bond donors (Lipinski definition) is 1. The van der Waals surface area contributed by atoms with Crippen LogP contribution in [0, 0.1) is 17.3 Å². The number of aliphatic hydroxyl groups excluding tert-OH is 1. The van der Waals surface area contributed by atoms with Gasteiger partial charge in [0.25, 0.3) is 10.4 Å². The Kier molecular flexibility index (Phi) is 5.35. The molecule has 1 N–H and O–H groups in total. The number of fused-ring (bicyclic) bond motifs is 5. The summed E-state index contributed by atoms with van der Waals surface area (Å²) in [6.07, 6.45) is 5.85. The third-order valence-electron chi connectivity index (χ3n) is 6.85. The van der Waals surface area contributed by atoms with Crippen molar-refractivity contribution in [3.63, 3.8) is 0 Å². The summed E-state index contributed by atoms with van der Waals surface area (Å²) >= 11 is 0. The van der Waals surface area contributed by atoms with Crippen LogP contribution in [0.4, 0.5) is 0 Å². The predicted octanol–water partition coefficient (Wildman–Crippen LogP) is -0.253. The first kappa shape index (κ1) is 19.6. The Labute approximate surface area is 171 Å². The zero-order valence-corrected chi connectivity index (χ0v) is 17.6. The second kappa shape index (κ2) is 6.80. The first-order valence-corrected chi connectivity index (χ1v) is 10.1. The van der Waals surface area contributed by atoms with Gasteiger partial charge in [0, 0.05) is 0 Å². The molecule has 3 aliphatic carbocycles. The Morgan fingerprint density at radius 2 is 2.00 bits per heavy atom. The van der Waals surface area contributed by atoms with E-state index < -0.39 is 10.4 Å². The zero-order valence-electron chi connectivity index (χ0n) is 14.8. The smallest absolute Gasteiger partial charge is 0.716 e. The summed E-state index contributed by atoms with van der Waals surface area (Å²) < 4.78 is 36.8. The minimum Gasteiger partial charge on any atom is -0.716 e. The van der Waals surface area contributed by atoms with Crippen molar-refractivity contribution in [2.24, 2.45) is 17.3 Å². The minimum atomic E-state index is -4.73. The Hall–Kier alpha value is -0.110. The molecule has 4 unspecified atom stereocenters. The van der Waals surface area contributed by atoms with Gasteiger partial charge in [0.1, 0.15) is 5.75 Å². The van der Waals surface area contributed by atoms with Gasteiger partial charge in [0.2, 0.25) is 0 Å². The first-order valence-electron chi connectivity index (χ1n) is 8.74. The van der Waals surface area contributed by atoms with Crippen LogP contribution in [0.2, 0.25) is 0 Å². The monoisotopic (exact) mass is 374 g/mol. The molecule has 0 amide bonds. The van der Waals surface area contributed by atoms with Gasteiger partial charge in [0.15, 0.2) is 0 Å². The van der Waals surface area contributed by atoms with Crippen LogP contribution >= 0.6 is 0 Å². The van der Waals surface area contributed by atoms with Crippen molar-refractivity contribution in [1.82, 2.24) is 0 Å². The SMILES string of the molecule is C[C@@]12CCC3c4ccc(OS(=O)(=O)[O-])cc4CCC3C1CCC2O.[Na+]. The number of aliphatic hydroxyl groups is 1. The number of aryl methyl sites for hydroxylation is 1. The standard InChI is InChI=1S/C18H24O5S.Na/c1-18-9-8-14-13-5-3-12(23-24(20,21)22)10-11(13)2-4-15(14)16(18)6-7-17(18)19;/h3,5,10,14-17,19H,2,4,6-9H2,1H3,(H,20,21,22);/q;+1/p-1/t14?,15?,16?,17?,18-;/m1./s1. The summed E-state index contributed by atoms with van der Waals surface area (Å²) in [7, 11) is -4.73. The van der Waals surface area contributed by atoms with Gasteiger partial charge in [-0.1, -0.05) is 13.0 Å². The molecule has 0 aliphatic heterocycles. The van der Waals surface area contributed by atoms with Crippen LogP contribution in [-0.4, -0.2) is 24.2 Å². The molecule has 3 aliphatic rings. The third-order valence-corrected chi connectivity index (χ3v) is 7.24. The second-order valence-electron chi connectivity index (χ2n) is 7.91.